The molecular weight excluding hydrogens is 492 g/mol. The summed E-state index contributed by atoms with van der Waals surface area (Å²) in [5.74, 6) is 0.338. The monoisotopic (exact) mass is 522 g/mol. The van der Waals surface area contributed by atoms with Crippen LogP contribution in [0.25, 0.3) is 11.2 Å². The lowest BCUT2D eigenvalue weighted by molar-refractivity contribution is 0.0712. The molecule has 2 amide bonds. The van der Waals surface area contributed by atoms with Crippen molar-refractivity contribution < 1.29 is 14.3 Å². The number of imidazole rings is 1. The minimum absolute atomic E-state index is 0.0660. The van der Waals surface area contributed by atoms with Gasteiger partial charge in [0, 0.05) is 45.1 Å². The Kier molecular flexibility index (Phi) is 7.94. The first-order chi connectivity index (χ1) is 19.1. The van der Waals surface area contributed by atoms with Crippen LogP contribution in [-0.2, 0) is 11.3 Å². The molecule has 0 saturated carbocycles. The molecule has 4 aromatic rings. The molecule has 1 saturated heterocycles. The Labute approximate surface area is 227 Å². The summed E-state index contributed by atoms with van der Waals surface area (Å²) in [6.45, 7) is 2.42. The number of likely N-dealkylation sites (tertiary alicyclic amines) is 1. The smallest absolute Gasteiger partial charge is 0.258 e. The van der Waals surface area contributed by atoms with Crippen molar-refractivity contribution >= 4 is 28.9 Å². The average molecular weight is 523 g/mol. The van der Waals surface area contributed by atoms with Crippen LogP contribution in [0.2, 0.25) is 0 Å². The standard InChI is InChI=1S/C30H30N6O3/c1-39-16-6-13-36-27-26(33-30(36)34-28(37)24-10-5-7-21(17-24)19-31)18-25(20-32-27)29(38)35-14-11-23(12-15-35)22-8-3-2-4-9-22/h2-5,7-10,17-18,20,23H,6,11-16H2,1H3,(H,33,34,37). The summed E-state index contributed by atoms with van der Waals surface area (Å²) in [6, 6.07) is 20.7. The van der Waals surface area contributed by atoms with Crippen molar-refractivity contribution in [2.24, 2.45) is 0 Å². The highest BCUT2D eigenvalue weighted by molar-refractivity contribution is 6.04. The van der Waals surface area contributed by atoms with E-state index in [0.717, 1.165) is 12.8 Å². The summed E-state index contributed by atoms with van der Waals surface area (Å²) in [5, 5.41) is 12.0. The zero-order chi connectivity index (χ0) is 27.2. The van der Waals surface area contributed by atoms with E-state index in [4.69, 9.17) is 4.74 Å². The Bertz CT molecular complexity index is 1520. The van der Waals surface area contributed by atoms with Crippen LogP contribution < -0.4 is 5.32 Å². The zero-order valence-electron chi connectivity index (χ0n) is 21.8. The van der Waals surface area contributed by atoms with Crippen molar-refractivity contribution in [2.75, 3.05) is 32.1 Å². The van der Waals surface area contributed by atoms with Gasteiger partial charge in [-0.2, -0.15) is 5.26 Å². The maximum Gasteiger partial charge on any atom is 0.258 e. The lowest BCUT2D eigenvalue weighted by Gasteiger charge is -2.32. The number of carbonyl (C=O) groups is 2. The van der Waals surface area contributed by atoms with E-state index in [2.05, 4.69) is 39.6 Å². The number of carbonyl (C=O) groups excluding carboxylic acids is 2. The summed E-state index contributed by atoms with van der Waals surface area (Å²) in [5.41, 5.74) is 3.65. The summed E-state index contributed by atoms with van der Waals surface area (Å²) in [6.07, 6.45) is 4.11. The molecule has 39 heavy (non-hydrogen) atoms. The third-order valence-corrected chi connectivity index (χ3v) is 7.09. The molecular formula is C30H30N6O3. The second-order valence-corrected chi connectivity index (χ2v) is 9.62. The topological polar surface area (TPSA) is 113 Å². The Morgan fingerprint density at radius 3 is 2.62 bits per heavy atom. The normalized spacial score (nSPS) is 13.8. The number of methoxy groups -OCH3 is 1. The molecule has 1 fully saturated rings. The van der Waals surface area contributed by atoms with E-state index in [1.54, 1.807) is 37.6 Å². The highest BCUT2D eigenvalue weighted by Gasteiger charge is 2.25. The number of rotatable bonds is 8. The predicted molar refractivity (Wildman–Crippen MR) is 147 cm³/mol. The number of aromatic nitrogens is 3. The van der Waals surface area contributed by atoms with Gasteiger partial charge in [-0.05, 0) is 55.0 Å². The molecule has 198 valence electrons. The summed E-state index contributed by atoms with van der Waals surface area (Å²) in [7, 11) is 1.63. The van der Waals surface area contributed by atoms with Crippen molar-refractivity contribution in [3.8, 4) is 6.07 Å². The summed E-state index contributed by atoms with van der Waals surface area (Å²) >= 11 is 0. The first-order valence-corrected chi connectivity index (χ1v) is 13.1. The Hall–Kier alpha value is -4.55. The number of nitriles is 1. The van der Waals surface area contributed by atoms with Crippen molar-refractivity contribution in [3.05, 3.63) is 89.1 Å². The fourth-order valence-corrected chi connectivity index (χ4v) is 5.03. The van der Waals surface area contributed by atoms with Crippen LogP contribution in [-0.4, -0.2) is 58.1 Å². The van der Waals surface area contributed by atoms with Crippen LogP contribution in [0, 0.1) is 11.3 Å². The predicted octanol–water partition coefficient (Wildman–Crippen LogP) is 4.61. The largest absolute Gasteiger partial charge is 0.385 e. The Morgan fingerprint density at radius 2 is 1.87 bits per heavy atom. The number of hydrogen-bond donors (Lipinski definition) is 1. The van der Waals surface area contributed by atoms with E-state index >= 15 is 0 Å². The minimum atomic E-state index is -0.381. The quantitative estimate of drug-likeness (QED) is 0.338. The number of aryl methyl sites for hydroxylation is 1. The Morgan fingerprint density at radius 1 is 1.08 bits per heavy atom. The van der Waals surface area contributed by atoms with Gasteiger partial charge in [-0.25, -0.2) is 9.97 Å². The fourth-order valence-electron chi connectivity index (χ4n) is 5.03. The van der Waals surface area contributed by atoms with Gasteiger partial charge in [0.2, 0.25) is 5.95 Å². The number of nitrogens with one attached hydrogen (secondary N) is 1. The molecule has 0 spiro atoms. The molecule has 2 aromatic carbocycles. The van der Waals surface area contributed by atoms with Crippen LogP contribution in [0.15, 0.2) is 66.9 Å². The van der Waals surface area contributed by atoms with E-state index in [0.29, 0.717) is 72.4 Å². The number of amides is 2. The zero-order valence-corrected chi connectivity index (χ0v) is 21.8. The lowest BCUT2D eigenvalue weighted by Crippen LogP contribution is -2.38. The van der Waals surface area contributed by atoms with E-state index < -0.39 is 0 Å². The second-order valence-electron chi connectivity index (χ2n) is 9.62. The number of ether oxygens (including phenoxy) is 1. The van der Waals surface area contributed by atoms with Crippen LogP contribution in [0.5, 0.6) is 0 Å². The van der Waals surface area contributed by atoms with Gasteiger partial charge in [-0.1, -0.05) is 36.4 Å². The van der Waals surface area contributed by atoms with Crippen molar-refractivity contribution in [3.63, 3.8) is 0 Å². The molecule has 3 heterocycles. The number of benzene rings is 2. The van der Waals surface area contributed by atoms with Gasteiger partial charge < -0.3 is 9.64 Å². The SMILES string of the molecule is COCCCn1c(NC(=O)c2cccc(C#N)c2)nc2cc(C(=O)N3CCC(c4ccccc4)CC3)cnc21. The van der Waals surface area contributed by atoms with Gasteiger partial charge in [0.15, 0.2) is 5.65 Å². The molecule has 0 aliphatic carbocycles. The number of nitrogens with zero attached hydrogens (tertiary/aromatic N) is 5. The lowest BCUT2D eigenvalue weighted by atomic mass is 9.89. The number of pyridine rings is 1. The van der Waals surface area contributed by atoms with Gasteiger partial charge in [-0.3, -0.25) is 19.5 Å². The van der Waals surface area contributed by atoms with Gasteiger partial charge in [0.1, 0.15) is 5.52 Å². The number of anilines is 1. The average Bonchev–Trinajstić information content (AvgIpc) is 3.33. The summed E-state index contributed by atoms with van der Waals surface area (Å²) in [4.78, 5) is 37.4. The Balaban J connectivity index is 1.36. The maximum absolute atomic E-state index is 13.4. The van der Waals surface area contributed by atoms with E-state index in [9.17, 15) is 14.9 Å². The molecule has 0 atom stereocenters. The van der Waals surface area contributed by atoms with Crippen molar-refractivity contribution in [2.45, 2.75) is 31.7 Å². The van der Waals surface area contributed by atoms with Crippen molar-refractivity contribution in [1.82, 2.24) is 19.4 Å². The van der Waals surface area contributed by atoms with Crippen LogP contribution in [0.4, 0.5) is 5.95 Å². The molecule has 0 unspecified atom stereocenters. The van der Waals surface area contributed by atoms with E-state index in [1.807, 2.05) is 21.6 Å². The highest BCUT2D eigenvalue weighted by Crippen LogP contribution is 2.29. The van der Waals surface area contributed by atoms with Crippen LogP contribution in [0.1, 0.15) is 57.0 Å². The van der Waals surface area contributed by atoms with Crippen LogP contribution >= 0.6 is 0 Å². The van der Waals surface area contributed by atoms with E-state index in [-0.39, 0.29) is 11.8 Å². The molecule has 9 nitrogen and oxygen atoms in total. The van der Waals surface area contributed by atoms with E-state index in [1.165, 1.54) is 11.6 Å². The van der Waals surface area contributed by atoms with Gasteiger partial charge >= 0.3 is 0 Å². The molecule has 1 aliphatic rings. The molecule has 0 bridgehead atoms. The summed E-state index contributed by atoms with van der Waals surface area (Å²) < 4.78 is 7.02. The number of piperidine rings is 1. The third kappa shape index (κ3) is 5.81. The number of hydrogen-bond acceptors (Lipinski definition) is 6. The number of fused-ring (bicyclic) bond motifs is 1. The fraction of sp³-hybridized carbons (Fsp3) is 0.300. The first kappa shape index (κ1) is 26.1. The molecule has 5 rings (SSSR count). The van der Waals surface area contributed by atoms with Gasteiger partial charge in [0.05, 0.1) is 17.2 Å². The third-order valence-electron chi connectivity index (χ3n) is 7.09. The maximum atomic E-state index is 13.4. The van der Waals surface area contributed by atoms with Crippen LogP contribution in [0.3, 0.4) is 0 Å². The molecule has 1 aliphatic heterocycles. The van der Waals surface area contributed by atoms with Gasteiger partial charge in [0.25, 0.3) is 11.8 Å². The highest BCUT2D eigenvalue weighted by atomic mass is 16.5. The molecule has 1 N–H and O–H groups in total. The first-order valence-electron chi connectivity index (χ1n) is 13.1. The molecule has 2 aromatic heterocycles. The molecule has 9 heteroatoms. The minimum Gasteiger partial charge on any atom is -0.385 e. The molecule has 0 radical (unpaired) electrons. The van der Waals surface area contributed by atoms with Crippen molar-refractivity contribution in [1.29, 1.82) is 5.26 Å². The second kappa shape index (κ2) is 11.9. The van der Waals surface area contributed by atoms with Gasteiger partial charge in [-0.15, -0.1) is 0 Å².